The Labute approximate surface area is 85.8 Å². The number of rotatable bonds is 3. The van der Waals surface area contributed by atoms with Crippen LogP contribution < -0.4 is 10.9 Å². The van der Waals surface area contributed by atoms with Crippen LogP contribution in [-0.2, 0) is 6.54 Å². The van der Waals surface area contributed by atoms with E-state index in [1.165, 1.54) is 12.4 Å². The summed E-state index contributed by atoms with van der Waals surface area (Å²) in [4.78, 5) is 17.4. The molecule has 0 aliphatic rings. The second-order valence-electron chi connectivity index (χ2n) is 3.17. The Kier molecular flexibility index (Phi) is 2.49. The van der Waals surface area contributed by atoms with E-state index < -0.39 is 0 Å². The number of H-pyrrole nitrogens is 2. The Morgan fingerprint density at radius 3 is 3.07 bits per heavy atom. The van der Waals surface area contributed by atoms with E-state index in [2.05, 4.69) is 25.5 Å². The third kappa shape index (κ3) is 2.22. The van der Waals surface area contributed by atoms with Crippen LogP contribution in [0.1, 0.15) is 11.3 Å². The van der Waals surface area contributed by atoms with Crippen molar-refractivity contribution in [3.05, 3.63) is 40.2 Å². The second kappa shape index (κ2) is 3.95. The molecule has 0 saturated heterocycles. The number of hydrogen-bond donors (Lipinski definition) is 3. The third-order valence-corrected chi connectivity index (χ3v) is 2.07. The van der Waals surface area contributed by atoms with E-state index in [1.807, 2.05) is 6.92 Å². The van der Waals surface area contributed by atoms with E-state index in [1.54, 1.807) is 6.20 Å². The van der Waals surface area contributed by atoms with Crippen LogP contribution in [0.3, 0.4) is 0 Å². The molecule has 2 rings (SSSR count). The van der Waals surface area contributed by atoms with Crippen molar-refractivity contribution in [2.75, 3.05) is 5.32 Å². The molecule has 0 amide bonds. The lowest BCUT2D eigenvalue weighted by atomic mass is 10.2. The first-order valence-electron chi connectivity index (χ1n) is 4.53. The Morgan fingerprint density at radius 2 is 2.40 bits per heavy atom. The molecule has 3 N–H and O–H groups in total. The van der Waals surface area contributed by atoms with Crippen LogP contribution in [0.25, 0.3) is 0 Å². The molecular formula is C9H11N5O. The van der Waals surface area contributed by atoms with Gasteiger partial charge in [0.2, 0.25) is 0 Å². The van der Waals surface area contributed by atoms with Gasteiger partial charge in [0.25, 0.3) is 5.56 Å². The van der Waals surface area contributed by atoms with E-state index >= 15 is 0 Å². The van der Waals surface area contributed by atoms with Crippen molar-refractivity contribution in [2.45, 2.75) is 13.5 Å². The van der Waals surface area contributed by atoms with E-state index in [0.717, 1.165) is 11.3 Å². The molecule has 2 aromatic rings. The number of aromatic nitrogens is 4. The van der Waals surface area contributed by atoms with Gasteiger partial charge < -0.3 is 10.3 Å². The highest BCUT2D eigenvalue weighted by Gasteiger charge is 2.00. The summed E-state index contributed by atoms with van der Waals surface area (Å²) < 4.78 is 0. The molecule has 6 nitrogen and oxygen atoms in total. The Hall–Kier alpha value is -2.11. The van der Waals surface area contributed by atoms with Gasteiger partial charge >= 0.3 is 0 Å². The first-order valence-corrected chi connectivity index (χ1v) is 4.53. The molecule has 2 aromatic heterocycles. The molecule has 0 radical (unpaired) electrons. The molecule has 2 heterocycles. The van der Waals surface area contributed by atoms with Crippen molar-refractivity contribution < 1.29 is 0 Å². The highest BCUT2D eigenvalue weighted by atomic mass is 16.1. The summed E-state index contributed by atoms with van der Waals surface area (Å²) in [6, 6.07) is 1.41. The summed E-state index contributed by atoms with van der Waals surface area (Å²) in [6.07, 6.45) is 3.11. The Bertz CT molecular complexity index is 501. The lowest BCUT2D eigenvalue weighted by Gasteiger charge is -2.02. The zero-order chi connectivity index (χ0) is 10.7. The van der Waals surface area contributed by atoms with Gasteiger partial charge in [0.15, 0.2) is 0 Å². The highest BCUT2D eigenvalue weighted by molar-refractivity contribution is 5.33. The summed E-state index contributed by atoms with van der Waals surface area (Å²) >= 11 is 0. The molecule has 0 bridgehead atoms. The minimum atomic E-state index is -0.170. The molecule has 0 saturated carbocycles. The topological polar surface area (TPSA) is 86.5 Å². The molecular weight excluding hydrogens is 194 g/mol. The van der Waals surface area contributed by atoms with E-state index in [-0.39, 0.29) is 5.56 Å². The number of anilines is 1. The number of aromatic amines is 2. The molecule has 0 unspecified atom stereocenters. The van der Waals surface area contributed by atoms with E-state index in [9.17, 15) is 4.79 Å². The van der Waals surface area contributed by atoms with Crippen molar-refractivity contribution >= 4 is 5.82 Å². The molecule has 6 heteroatoms. The maximum Gasteiger partial charge on any atom is 0.252 e. The van der Waals surface area contributed by atoms with Crippen molar-refractivity contribution in [3.8, 4) is 0 Å². The standard InChI is InChI=1S/C9H11N5O/c1-6-7(4-13-14-6)3-10-8-2-9(15)12-5-11-8/h2,4-5H,3H2,1H3,(H,13,14)(H2,10,11,12,15). The van der Waals surface area contributed by atoms with Crippen LogP contribution in [0, 0.1) is 6.92 Å². The molecule has 0 fully saturated rings. The van der Waals surface area contributed by atoms with E-state index in [0.29, 0.717) is 12.4 Å². The maximum atomic E-state index is 11.0. The number of hydrogen-bond acceptors (Lipinski definition) is 4. The quantitative estimate of drug-likeness (QED) is 0.677. The van der Waals surface area contributed by atoms with Gasteiger partial charge in [-0.2, -0.15) is 5.10 Å². The van der Waals surface area contributed by atoms with Gasteiger partial charge in [0, 0.05) is 23.9 Å². The normalized spacial score (nSPS) is 10.2. The SMILES string of the molecule is Cc1[nH]ncc1CNc1cc(=O)[nH]cn1. The van der Waals surface area contributed by atoms with Crippen LogP contribution in [0.4, 0.5) is 5.82 Å². The average Bonchev–Trinajstić information content (AvgIpc) is 2.61. The van der Waals surface area contributed by atoms with Crippen LogP contribution >= 0.6 is 0 Å². The Balaban J connectivity index is 2.05. The molecule has 78 valence electrons. The lowest BCUT2D eigenvalue weighted by Crippen LogP contribution is -2.09. The van der Waals surface area contributed by atoms with Crippen LogP contribution in [0.5, 0.6) is 0 Å². The highest BCUT2D eigenvalue weighted by Crippen LogP contribution is 2.05. The monoisotopic (exact) mass is 205 g/mol. The number of nitrogens with one attached hydrogen (secondary N) is 3. The molecule has 0 atom stereocenters. The van der Waals surface area contributed by atoms with Crippen LogP contribution in [-0.4, -0.2) is 20.2 Å². The zero-order valence-corrected chi connectivity index (χ0v) is 8.24. The fourth-order valence-electron chi connectivity index (χ4n) is 1.20. The van der Waals surface area contributed by atoms with Crippen LogP contribution in [0.15, 0.2) is 23.4 Å². The fraction of sp³-hybridized carbons (Fsp3) is 0.222. The fourth-order valence-corrected chi connectivity index (χ4v) is 1.20. The summed E-state index contributed by atoms with van der Waals surface area (Å²) in [6.45, 7) is 2.54. The van der Waals surface area contributed by atoms with Crippen molar-refractivity contribution in [3.63, 3.8) is 0 Å². The van der Waals surface area contributed by atoms with Gasteiger partial charge in [-0.15, -0.1) is 0 Å². The van der Waals surface area contributed by atoms with Gasteiger partial charge in [-0.1, -0.05) is 0 Å². The van der Waals surface area contributed by atoms with Gasteiger partial charge in [0.05, 0.1) is 12.5 Å². The van der Waals surface area contributed by atoms with Crippen molar-refractivity contribution in [1.29, 1.82) is 0 Å². The number of aryl methyl sites for hydroxylation is 1. The van der Waals surface area contributed by atoms with Gasteiger partial charge in [0.1, 0.15) is 5.82 Å². The summed E-state index contributed by atoms with van der Waals surface area (Å²) in [7, 11) is 0. The van der Waals surface area contributed by atoms with Gasteiger partial charge in [-0.05, 0) is 6.92 Å². The summed E-state index contributed by atoms with van der Waals surface area (Å²) in [5.74, 6) is 0.555. The first-order chi connectivity index (χ1) is 7.25. The number of nitrogens with zero attached hydrogens (tertiary/aromatic N) is 2. The maximum absolute atomic E-state index is 11.0. The zero-order valence-electron chi connectivity index (χ0n) is 8.24. The minimum absolute atomic E-state index is 0.170. The molecule has 15 heavy (non-hydrogen) atoms. The van der Waals surface area contributed by atoms with Crippen molar-refractivity contribution in [1.82, 2.24) is 20.2 Å². The Morgan fingerprint density at radius 1 is 1.53 bits per heavy atom. The van der Waals surface area contributed by atoms with Crippen molar-refractivity contribution in [2.24, 2.45) is 0 Å². The predicted molar refractivity (Wildman–Crippen MR) is 55.5 cm³/mol. The van der Waals surface area contributed by atoms with Gasteiger partial charge in [-0.3, -0.25) is 9.89 Å². The third-order valence-electron chi connectivity index (χ3n) is 2.07. The smallest absolute Gasteiger partial charge is 0.252 e. The summed E-state index contributed by atoms with van der Waals surface area (Å²) in [5.41, 5.74) is 1.89. The van der Waals surface area contributed by atoms with Gasteiger partial charge in [-0.25, -0.2) is 4.98 Å². The molecule has 0 aliphatic heterocycles. The largest absolute Gasteiger partial charge is 0.366 e. The first kappa shape index (κ1) is 9.45. The summed E-state index contributed by atoms with van der Waals surface area (Å²) in [5, 5.41) is 9.77. The minimum Gasteiger partial charge on any atom is -0.366 e. The molecule has 0 aliphatic carbocycles. The van der Waals surface area contributed by atoms with E-state index in [4.69, 9.17) is 0 Å². The average molecular weight is 205 g/mol. The molecule has 0 aromatic carbocycles. The van der Waals surface area contributed by atoms with Crippen LogP contribution in [0.2, 0.25) is 0 Å². The lowest BCUT2D eigenvalue weighted by molar-refractivity contribution is 1.03. The molecule has 0 spiro atoms. The predicted octanol–water partition coefficient (Wildman–Crippen LogP) is 0.414. The second-order valence-corrected chi connectivity index (χ2v) is 3.17.